The van der Waals surface area contributed by atoms with Crippen molar-refractivity contribution >= 4 is 17.7 Å². The number of benzene rings is 2. The molecule has 0 aliphatic carbocycles. The standard InChI is InChI=1S/C21H18F2N4O3/c1-30-20(28)12-3-2-4-14(9-12)26-21(29)27-8-7-17-18(25-11-24-17)19(27)15-10-13(22)5-6-16(15)23/h2-6,9-11,19H,7-8H2,1H3,(H,24,25)(H,26,29)/t19-/m0/s1. The third-order valence-electron chi connectivity index (χ3n) is 4.97. The van der Waals surface area contributed by atoms with Gasteiger partial charge >= 0.3 is 12.0 Å². The molecule has 2 aromatic carbocycles. The first-order valence-corrected chi connectivity index (χ1v) is 9.21. The number of rotatable bonds is 3. The number of amides is 2. The number of carbonyl (C=O) groups is 2. The second-order valence-electron chi connectivity index (χ2n) is 6.78. The maximum atomic E-state index is 14.6. The molecule has 4 rings (SSSR count). The number of nitrogens with one attached hydrogen (secondary N) is 2. The van der Waals surface area contributed by atoms with E-state index < -0.39 is 29.7 Å². The van der Waals surface area contributed by atoms with Gasteiger partial charge in [0.15, 0.2) is 0 Å². The van der Waals surface area contributed by atoms with Crippen LogP contribution in [-0.4, -0.2) is 40.5 Å². The van der Waals surface area contributed by atoms with E-state index in [4.69, 9.17) is 4.74 Å². The number of methoxy groups -OCH3 is 1. The van der Waals surface area contributed by atoms with E-state index in [1.807, 2.05) is 0 Å². The predicted molar refractivity (Wildman–Crippen MR) is 104 cm³/mol. The van der Waals surface area contributed by atoms with Gasteiger partial charge in [0.1, 0.15) is 17.7 Å². The zero-order valence-corrected chi connectivity index (χ0v) is 16.0. The van der Waals surface area contributed by atoms with Gasteiger partial charge in [-0.05, 0) is 36.4 Å². The number of nitrogens with zero attached hydrogens (tertiary/aromatic N) is 2. The summed E-state index contributed by atoms with van der Waals surface area (Å²) in [6.45, 7) is 0.262. The van der Waals surface area contributed by atoms with E-state index in [1.165, 1.54) is 24.4 Å². The molecule has 30 heavy (non-hydrogen) atoms. The van der Waals surface area contributed by atoms with Crippen LogP contribution in [0.4, 0.5) is 19.3 Å². The number of hydrogen-bond donors (Lipinski definition) is 2. The van der Waals surface area contributed by atoms with Crippen molar-refractivity contribution in [2.75, 3.05) is 19.0 Å². The molecule has 0 radical (unpaired) electrons. The quantitative estimate of drug-likeness (QED) is 0.643. The van der Waals surface area contributed by atoms with Crippen LogP contribution in [-0.2, 0) is 11.2 Å². The van der Waals surface area contributed by atoms with Gasteiger partial charge in [-0.15, -0.1) is 0 Å². The first-order valence-electron chi connectivity index (χ1n) is 9.21. The fourth-order valence-electron chi connectivity index (χ4n) is 3.57. The Balaban J connectivity index is 1.68. The largest absolute Gasteiger partial charge is 0.465 e. The molecule has 3 aromatic rings. The first-order chi connectivity index (χ1) is 14.5. The van der Waals surface area contributed by atoms with Gasteiger partial charge in [0.05, 0.1) is 24.7 Å². The van der Waals surface area contributed by atoms with Crippen molar-refractivity contribution in [1.29, 1.82) is 0 Å². The molecule has 0 unspecified atom stereocenters. The molecule has 9 heteroatoms. The van der Waals surface area contributed by atoms with Gasteiger partial charge in [0.25, 0.3) is 0 Å². The molecule has 0 spiro atoms. The summed E-state index contributed by atoms with van der Waals surface area (Å²) >= 11 is 0. The summed E-state index contributed by atoms with van der Waals surface area (Å²) in [5, 5.41) is 2.71. The molecule has 0 saturated carbocycles. The fourth-order valence-corrected chi connectivity index (χ4v) is 3.57. The highest BCUT2D eigenvalue weighted by Gasteiger charge is 2.36. The summed E-state index contributed by atoms with van der Waals surface area (Å²) in [6.07, 6.45) is 1.95. The number of aromatic amines is 1. The second kappa shape index (κ2) is 7.94. The van der Waals surface area contributed by atoms with E-state index >= 15 is 0 Å². The van der Waals surface area contributed by atoms with Crippen LogP contribution in [0.15, 0.2) is 48.8 Å². The Morgan fingerprint density at radius 2 is 2.07 bits per heavy atom. The molecule has 1 atom stereocenters. The SMILES string of the molecule is COC(=O)c1cccc(NC(=O)N2CCc3[nH]cnc3[C@@H]2c2cc(F)ccc2F)c1. The van der Waals surface area contributed by atoms with Crippen molar-refractivity contribution in [1.82, 2.24) is 14.9 Å². The van der Waals surface area contributed by atoms with Crippen LogP contribution in [0, 0.1) is 11.6 Å². The molecular formula is C21H18F2N4O3. The van der Waals surface area contributed by atoms with Gasteiger partial charge in [0.2, 0.25) is 0 Å². The Kier molecular flexibility index (Phi) is 5.18. The summed E-state index contributed by atoms with van der Waals surface area (Å²) in [5.41, 5.74) is 1.89. The van der Waals surface area contributed by atoms with Gasteiger partial charge in [-0.25, -0.2) is 23.4 Å². The lowest BCUT2D eigenvalue weighted by atomic mass is 9.95. The van der Waals surface area contributed by atoms with Crippen LogP contribution in [0.1, 0.15) is 33.4 Å². The topological polar surface area (TPSA) is 87.3 Å². The van der Waals surface area contributed by atoms with Crippen molar-refractivity contribution < 1.29 is 23.1 Å². The molecule has 2 N–H and O–H groups in total. The predicted octanol–water partition coefficient (Wildman–Crippen LogP) is 3.65. The van der Waals surface area contributed by atoms with Crippen LogP contribution in [0.5, 0.6) is 0 Å². The van der Waals surface area contributed by atoms with Crippen LogP contribution in [0.25, 0.3) is 0 Å². The van der Waals surface area contributed by atoms with Gasteiger partial charge in [-0.1, -0.05) is 6.07 Å². The molecule has 0 saturated heterocycles. The molecule has 1 aliphatic rings. The highest BCUT2D eigenvalue weighted by atomic mass is 19.1. The number of esters is 1. The Morgan fingerprint density at radius 1 is 1.23 bits per heavy atom. The molecule has 2 amide bonds. The monoisotopic (exact) mass is 412 g/mol. The minimum atomic E-state index is -0.903. The van der Waals surface area contributed by atoms with Crippen molar-refractivity contribution in [2.45, 2.75) is 12.5 Å². The third kappa shape index (κ3) is 3.61. The molecular weight excluding hydrogens is 394 g/mol. The van der Waals surface area contributed by atoms with E-state index in [-0.39, 0.29) is 17.7 Å². The van der Waals surface area contributed by atoms with Crippen molar-refractivity contribution in [3.8, 4) is 0 Å². The minimum absolute atomic E-state index is 0.0153. The number of ether oxygens (including phenoxy) is 1. The lowest BCUT2D eigenvalue weighted by Crippen LogP contribution is -2.43. The van der Waals surface area contributed by atoms with E-state index in [2.05, 4.69) is 15.3 Å². The number of urea groups is 1. The van der Waals surface area contributed by atoms with E-state index in [0.29, 0.717) is 17.8 Å². The fraction of sp³-hybridized carbons (Fsp3) is 0.190. The third-order valence-corrected chi connectivity index (χ3v) is 4.97. The summed E-state index contributed by atoms with van der Waals surface area (Å²) in [5.74, 6) is -1.78. The maximum absolute atomic E-state index is 14.6. The van der Waals surface area contributed by atoms with Crippen molar-refractivity contribution in [3.05, 3.63) is 82.9 Å². The molecule has 154 valence electrons. The molecule has 7 nitrogen and oxygen atoms in total. The first kappa shape index (κ1) is 19.6. The molecule has 1 aromatic heterocycles. The Bertz CT molecular complexity index is 1120. The van der Waals surface area contributed by atoms with Crippen LogP contribution in [0.2, 0.25) is 0 Å². The van der Waals surface area contributed by atoms with Crippen molar-refractivity contribution in [2.24, 2.45) is 0 Å². The number of anilines is 1. The second-order valence-corrected chi connectivity index (χ2v) is 6.78. The number of imidazole rings is 1. The molecule has 0 fully saturated rings. The Morgan fingerprint density at radius 3 is 2.87 bits per heavy atom. The summed E-state index contributed by atoms with van der Waals surface area (Å²) in [7, 11) is 1.26. The summed E-state index contributed by atoms with van der Waals surface area (Å²) in [6, 6.07) is 7.95. The molecule has 1 aliphatic heterocycles. The number of carbonyl (C=O) groups excluding carboxylic acids is 2. The summed E-state index contributed by atoms with van der Waals surface area (Å²) in [4.78, 5) is 33.4. The van der Waals surface area contributed by atoms with Crippen LogP contribution >= 0.6 is 0 Å². The summed E-state index contributed by atoms with van der Waals surface area (Å²) < 4.78 is 33.2. The average molecular weight is 412 g/mol. The number of fused-ring (bicyclic) bond motifs is 1. The van der Waals surface area contributed by atoms with Gasteiger partial charge in [-0.3, -0.25) is 0 Å². The van der Waals surface area contributed by atoms with E-state index in [9.17, 15) is 18.4 Å². The Hall–Kier alpha value is -3.75. The van der Waals surface area contributed by atoms with Crippen LogP contribution in [0.3, 0.4) is 0 Å². The molecule has 2 heterocycles. The van der Waals surface area contributed by atoms with Gasteiger partial charge in [0, 0.05) is 29.9 Å². The lowest BCUT2D eigenvalue weighted by molar-refractivity contribution is 0.0600. The van der Waals surface area contributed by atoms with Gasteiger partial charge in [-0.2, -0.15) is 0 Å². The highest BCUT2D eigenvalue weighted by Crippen LogP contribution is 2.35. The van der Waals surface area contributed by atoms with Crippen molar-refractivity contribution in [3.63, 3.8) is 0 Å². The minimum Gasteiger partial charge on any atom is -0.465 e. The zero-order valence-electron chi connectivity index (χ0n) is 16.0. The lowest BCUT2D eigenvalue weighted by Gasteiger charge is -2.35. The van der Waals surface area contributed by atoms with Gasteiger partial charge < -0.3 is 19.9 Å². The normalized spacial score (nSPS) is 15.4. The number of H-pyrrole nitrogens is 1. The maximum Gasteiger partial charge on any atom is 0.337 e. The zero-order chi connectivity index (χ0) is 21.3. The van der Waals surface area contributed by atoms with E-state index in [0.717, 1.165) is 23.9 Å². The number of halogens is 2. The highest BCUT2D eigenvalue weighted by molar-refractivity contribution is 5.94. The van der Waals surface area contributed by atoms with E-state index in [1.54, 1.807) is 18.2 Å². The molecule has 0 bridgehead atoms. The number of hydrogen-bond acceptors (Lipinski definition) is 4. The van der Waals surface area contributed by atoms with Crippen LogP contribution < -0.4 is 5.32 Å². The smallest absolute Gasteiger partial charge is 0.337 e. The Labute approximate surface area is 170 Å². The average Bonchev–Trinajstić information content (AvgIpc) is 3.23. The number of aromatic nitrogens is 2.